The summed E-state index contributed by atoms with van der Waals surface area (Å²) in [5.41, 5.74) is 0.378. The maximum atomic E-state index is 12.6. The van der Waals surface area contributed by atoms with Crippen molar-refractivity contribution in [3.8, 4) is 17.6 Å². The van der Waals surface area contributed by atoms with Crippen molar-refractivity contribution >= 4 is 11.6 Å². The number of methoxy groups -OCH3 is 2. The largest absolute Gasteiger partial charge is 0.497 e. The standard InChI is InChI=1S/C21H30N4O3/c1-20(2)10-15(11-21(3,4)25-20)23-13-14(12-22)19(26)24-17-9-16(27-5)7-8-18(17)28-6/h7-9,13,15,23,25H,10-11H2,1-6H3,(H,24,26)/b14-13-. The minimum Gasteiger partial charge on any atom is -0.497 e. The number of rotatable bonds is 6. The number of nitrogens with zero attached hydrogens (tertiary/aromatic N) is 1. The van der Waals surface area contributed by atoms with Gasteiger partial charge in [-0.1, -0.05) is 0 Å². The molecule has 1 aromatic rings. The second-order valence-corrected chi connectivity index (χ2v) is 8.35. The number of piperidine rings is 1. The highest BCUT2D eigenvalue weighted by Crippen LogP contribution is 2.30. The van der Waals surface area contributed by atoms with Crippen molar-refractivity contribution < 1.29 is 14.3 Å². The monoisotopic (exact) mass is 386 g/mol. The molecule has 0 radical (unpaired) electrons. The Balaban J connectivity index is 2.12. The number of benzene rings is 1. The maximum Gasteiger partial charge on any atom is 0.267 e. The lowest BCUT2D eigenvalue weighted by molar-refractivity contribution is -0.112. The molecular weight excluding hydrogens is 356 g/mol. The van der Waals surface area contributed by atoms with Gasteiger partial charge in [0.25, 0.3) is 5.91 Å². The highest BCUT2D eigenvalue weighted by atomic mass is 16.5. The van der Waals surface area contributed by atoms with Crippen molar-refractivity contribution in [3.05, 3.63) is 30.0 Å². The molecule has 0 bridgehead atoms. The SMILES string of the molecule is COc1ccc(OC)c(NC(=O)/C(C#N)=C\NC2CC(C)(C)NC(C)(C)C2)c1. The van der Waals surface area contributed by atoms with Crippen LogP contribution in [0.2, 0.25) is 0 Å². The Morgan fingerprint density at radius 2 is 1.86 bits per heavy atom. The average molecular weight is 386 g/mol. The lowest BCUT2D eigenvalue weighted by Crippen LogP contribution is -2.61. The molecule has 1 saturated heterocycles. The molecule has 7 heteroatoms. The molecule has 7 nitrogen and oxygen atoms in total. The molecule has 3 N–H and O–H groups in total. The van der Waals surface area contributed by atoms with E-state index in [0.717, 1.165) is 12.8 Å². The zero-order chi connectivity index (χ0) is 20.9. The summed E-state index contributed by atoms with van der Waals surface area (Å²) in [5.74, 6) is 0.561. The summed E-state index contributed by atoms with van der Waals surface area (Å²) in [7, 11) is 3.06. The third-order valence-electron chi connectivity index (χ3n) is 4.67. The number of nitriles is 1. The molecule has 152 valence electrons. The summed E-state index contributed by atoms with van der Waals surface area (Å²) >= 11 is 0. The summed E-state index contributed by atoms with van der Waals surface area (Å²) < 4.78 is 10.4. The van der Waals surface area contributed by atoms with Gasteiger partial charge < -0.3 is 25.4 Å². The number of nitrogens with one attached hydrogen (secondary N) is 3. The summed E-state index contributed by atoms with van der Waals surface area (Å²) in [6.45, 7) is 8.61. The highest BCUT2D eigenvalue weighted by molar-refractivity contribution is 6.07. The van der Waals surface area contributed by atoms with Crippen molar-refractivity contribution in [2.24, 2.45) is 0 Å². The van der Waals surface area contributed by atoms with Crippen LogP contribution >= 0.6 is 0 Å². The van der Waals surface area contributed by atoms with Gasteiger partial charge in [-0.15, -0.1) is 0 Å². The van der Waals surface area contributed by atoms with Crippen molar-refractivity contribution in [2.75, 3.05) is 19.5 Å². The fraction of sp³-hybridized carbons (Fsp3) is 0.524. The molecule has 28 heavy (non-hydrogen) atoms. The molecule has 0 unspecified atom stereocenters. The van der Waals surface area contributed by atoms with Crippen molar-refractivity contribution in [1.82, 2.24) is 10.6 Å². The number of carbonyl (C=O) groups is 1. The lowest BCUT2D eigenvalue weighted by Gasteiger charge is -2.46. The predicted molar refractivity (Wildman–Crippen MR) is 109 cm³/mol. The first-order valence-electron chi connectivity index (χ1n) is 9.28. The molecule has 0 spiro atoms. The number of carbonyl (C=O) groups excluding carboxylic acids is 1. The first kappa shape index (κ1) is 21.6. The Labute approximate surface area is 167 Å². The van der Waals surface area contributed by atoms with E-state index in [2.05, 4.69) is 43.6 Å². The molecule has 1 aromatic carbocycles. The van der Waals surface area contributed by atoms with Gasteiger partial charge in [-0.25, -0.2) is 0 Å². The van der Waals surface area contributed by atoms with Gasteiger partial charge in [0.05, 0.1) is 19.9 Å². The van der Waals surface area contributed by atoms with E-state index in [4.69, 9.17) is 9.47 Å². The van der Waals surface area contributed by atoms with Crippen LogP contribution in [-0.4, -0.2) is 37.2 Å². The molecule has 1 fully saturated rings. The van der Waals surface area contributed by atoms with E-state index in [9.17, 15) is 10.1 Å². The van der Waals surface area contributed by atoms with Crippen LogP contribution in [0.5, 0.6) is 11.5 Å². The third-order valence-corrected chi connectivity index (χ3v) is 4.67. The molecule has 1 amide bonds. The number of hydrogen-bond donors (Lipinski definition) is 3. The number of amides is 1. The van der Waals surface area contributed by atoms with Gasteiger partial charge in [-0.05, 0) is 52.7 Å². The summed E-state index contributed by atoms with van der Waals surface area (Å²) in [4.78, 5) is 12.6. The quantitative estimate of drug-likeness (QED) is 0.514. The smallest absolute Gasteiger partial charge is 0.267 e. The summed E-state index contributed by atoms with van der Waals surface area (Å²) in [5, 5.41) is 19.0. The number of ether oxygens (including phenoxy) is 2. The van der Waals surface area contributed by atoms with E-state index >= 15 is 0 Å². The Kier molecular flexibility index (Phi) is 6.57. The van der Waals surface area contributed by atoms with Crippen molar-refractivity contribution in [1.29, 1.82) is 5.26 Å². The van der Waals surface area contributed by atoms with Crippen LogP contribution in [0.25, 0.3) is 0 Å². The van der Waals surface area contributed by atoms with Crippen LogP contribution in [0.3, 0.4) is 0 Å². The van der Waals surface area contributed by atoms with Crippen LogP contribution in [0, 0.1) is 11.3 Å². The number of hydrogen-bond acceptors (Lipinski definition) is 6. The Morgan fingerprint density at radius 3 is 2.39 bits per heavy atom. The Hall–Kier alpha value is -2.72. The normalized spacial score (nSPS) is 18.7. The van der Waals surface area contributed by atoms with E-state index in [-0.39, 0.29) is 22.7 Å². The van der Waals surface area contributed by atoms with E-state index < -0.39 is 5.91 Å². The van der Waals surface area contributed by atoms with E-state index in [1.807, 2.05) is 6.07 Å². The predicted octanol–water partition coefficient (Wildman–Crippen LogP) is 2.95. The molecule has 1 aliphatic heterocycles. The summed E-state index contributed by atoms with van der Waals surface area (Å²) in [6.07, 6.45) is 3.28. The highest BCUT2D eigenvalue weighted by Gasteiger charge is 2.37. The van der Waals surface area contributed by atoms with Gasteiger partial charge in [0, 0.05) is 29.4 Å². The molecule has 1 aliphatic rings. The Morgan fingerprint density at radius 1 is 1.21 bits per heavy atom. The topological polar surface area (TPSA) is 95.4 Å². The lowest BCUT2D eigenvalue weighted by atomic mass is 9.80. The van der Waals surface area contributed by atoms with Crippen LogP contribution in [0.4, 0.5) is 5.69 Å². The maximum absolute atomic E-state index is 12.6. The molecule has 0 aliphatic carbocycles. The van der Waals surface area contributed by atoms with Crippen molar-refractivity contribution in [2.45, 2.75) is 57.7 Å². The van der Waals surface area contributed by atoms with Crippen LogP contribution in [0.1, 0.15) is 40.5 Å². The first-order chi connectivity index (χ1) is 13.1. The average Bonchev–Trinajstić information content (AvgIpc) is 2.59. The number of anilines is 1. The van der Waals surface area contributed by atoms with Gasteiger partial charge in [0.2, 0.25) is 0 Å². The molecular formula is C21H30N4O3. The van der Waals surface area contributed by atoms with Gasteiger partial charge in [-0.2, -0.15) is 5.26 Å². The molecule has 2 rings (SSSR count). The first-order valence-corrected chi connectivity index (χ1v) is 9.28. The minimum absolute atomic E-state index is 0.000909. The zero-order valence-corrected chi connectivity index (χ0v) is 17.5. The summed E-state index contributed by atoms with van der Waals surface area (Å²) in [6, 6.07) is 7.21. The Bertz CT molecular complexity index is 777. The van der Waals surface area contributed by atoms with Gasteiger partial charge in [0.15, 0.2) is 0 Å². The molecule has 0 atom stereocenters. The van der Waals surface area contributed by atoms with Crippen LogP contribution in [-0.2, 0) is 4.79 Å². The minimum atomic E-state index is -0.506. The molecule has 0 saturated carbocycles. The van der Waals surface area contributed by atoms with Gasteiger partial charge in [-0.3, -0.25) is 4.79 Å². The van der Waals surface area contributed by atoms with Gasteiger partial charge >= 0.3 is 0 Å². The molecule has 0 aromatic heterocycles. The van der Waals surface area contributed by atoms with E-state index in [1.54, 1.807) is 25.3 Å². The second kappa shape index (κ2) is 8.53. The van der Waals surface area contributed by atoms with Gasteiger partial charge in [0.1, 0.15) is 23.1 Å². The fourth-order valence-corrected chi connectivity index (χ4v) is 3.89. The van der Waals surface area contributed by atoms with Crippen LogP contribution < -0.4 is 25.4 Å². The van der Waals surface area contributed by atoms with E-state index in [0.29, 0.717) is 17.2 Å². The van der Waals surface area contributed by atoms with E-state index in [1.165, 1.54) is 13.3 Å². The molecule has 1 heterocycles. The fourth-order valence-electron chi connectivity index (χ4n) is 3.89. The second-order valence-electron chi connectivity index (χ2n) is 8.35. The third kappa shape index (κ3) is 5.64. The zero-order valence-electron chi connectivity index (χ0n) is 17.5. The van der Waals surface area contributed by atoms with Crippen LogP contribution in [0.15, 0.2) is 30.0 Å². The van der Waals surface area contributed by atoms with Crippen molar-refractivity contribution in [3.63, 3.8) is 0 Å².